The molecule has 20 heavy (non-hydrogen) atoms. The van der Waals surface area contributed by atoms with Gasteiger partial charge < -0.3 is 15.8 Å². The minimum atomic E-state index is -0.544. The lowest BCUT2D eigenvalue weighted by molar-refractivity contribution is -0.123. The molecule has 0 bridgehead atoms. The SMILES string of the molecule is CC(C)C(=O)NCC#CCOc1ccccc1C(N)=O. The first-order valence-electron chi connectivity index (χ1n) is 6.27. The molecule has 0 spiro atoms. The minimum Gasteiger partial charge on any atom is -0.480 e. The van der Waals surface area contributed by atoms with Crippen LogP contribution in [0.15, 0.2) is 24.3 Å². The molecule has 0 aliphatic heterocycles. The number of benzene rings is 1. The molecule has 106 valence electrons. The number of ether oxygens (including phenoxy) is 1. The van der Waals surface area contributed by atoms with Crippen LogP contribution in [0.2, 0.25) is 0 Å². The number of amides is 2. The summed E-state index contributed by atoms with van der Waals surface area (Å²) in [6, 6.07) is 6.70. The number of primary amides is 1. The van der Waals surface area contributed by atoms with Crippen molar-refractivity contribution in [1.29, 1.82) is 0 Å². The van der Waals surface area contributed by atoms with Gasteiger partial charge in [-0.25, -0.2) is 0 Å². The maximum Gasteiger partial charge on any atom is 0.252 e. The van der Waals surface area contributed by atoms with E-state index in [4.69, 9.17) is 10.5 Å². The molecule has 3 N–H and O–H groups in total. The largest absolute Gasteiger partial charge is 0.480 e. The van der Waals surface area contributed by atoms with Gasteiger partial charge in [-0.3, -0.25) is 9.59 Å². The highest BCUT2D eigenvalue weighted by Gasteiger charge is 2.07. The topological polar surface area (TPSA) is 81.4 Å². The number of para-hydroxylation sites is 1. The Morgan fingerprint density at radius 1 is 1.30 bits per heavy atom. The van der Waals surface area contributed by atoms with E-state index >= 15 is 0 Å². The van der Waals surface area contributed by atoms with Crippen molar-refractivity contribution in [2.45, 2.75) is 13.8 Å². The van der Waals surface area contributed by atoms with Crippen LogP contribution in [-0.4, -0.2) is 25.0 Å². The van der Waals surface area contributed by atoms with Crippen molar-refractivity contribution in [3.63, 3.8) is 0 Å². The number of hydrogen-bond donors (Lipinski definition) is 2. The van der Waals surface area contributed by atoms with E-state index in [1.165, 1.54) is 0 Å². The highest BCUT2D eigenvalue weighted by atomic mass is 16.5. The lowest BCUT2D eigenvalue weighted by Gasteiger charge is -2.06. The van der Waals surface area contributed by atoms with E-state index in [2.05, 4.69) is 17.2 Å². The molecule has 0 saturated heterocycles. The quantitative estimate of drug-likeness (QED) is 0.784. The summed E-state index contributed by atoms with van der Waals surface area (Å²) >= 11 is 0. The lowest BCUT2D eigenvalue weighted by Crippen LogP contribution is -2.27. The number of rotatable bonds is 5. The Morgan fingerprint density at radius 3 is 2.65 bits per heavy atom. The van der Waals surface area contributed by atoms with Gasteiger partial charge in [0.05, 0.1) is 12.1 Å². The first-order chi connectivity index (χ1) is 9.52. The average Bonchev–Trinajstić information content (AvgIpc) is 2.42. The zero-order chi connectivity index (χ0) is 15.0. The van der Waals surface area contributed by atoms with E-state index in [1.54, 1.807) is 24.3 Å². The molecule has 0 aliphatic carbocycles. The first kappa shape index (κ1) is 15.6. The van der Waals surface area contributed by atoms with Crippen LogP contribution in [-0.2, 0) is 4.79 Å². The second kappa shape index (κ2) is 7.85. The molecule has 2 amide bonds. The van der Waals surface area contributed by atoms with E-state index < -0.39 is 5.91 Å². The molecule has 0 saturated carbocycles. The number of carbonyl (C=O) groups excluding carboxylic acids is 2. The first-order valence-corrected chi connectivity index (χ1v) is 6.27. The van der Waals surface area contributed by atoms with Crippen LogP contribution >= 0.6 is 0 Å². The number of nitrogens with two attached hydrogens (primary N) is 1. The van der Waals surface area contributed by atoms with Gasteiger partial charge in [0.2, 0.25) is 5.91 Å². The van der Waals surface area contributed by atoms with Gasteiger partial charge in [0.25, 0.3) is 5.91 Å². The molecule has 0 unspecified atom stereocenters. The van der Waals surface area contributed by atoms with Gasteiger partial charge in [-0.1, -0.05) is 37.8 Å². The van der Waals surface area contributed by atoms with Crippen LogP contribution in [0.4, 0.5) is 0 Å². The number of carbonyl (C=O) groups is 2. The van der Waals surface area contributed by atoms with Gasteiger partial charge in [-0.05, 0) is 12.1 Å². The second-order valence-corrected chi connectivity index (χ2v) is 4.38. The Hall–Kier alpha value is -2.48. The van der Waals surface area contributed by atoms with Gasteiger partial charge in [0, 0.05) is 5.92 Å². The molecule has 1 rings (SSSR count). The summed E-state index contributed by atoms with van der Waals surface area (Å²) < 4.78 is 5.37. The van der Waals surface area contributed by atoms with Crippen LogP contribution in [0.1, 0.15) is 24.2 Å². The molecule has 1 aromatic rings. The summed E-state index contributed by atoms with van der Waals surface area (Å²) in [6.07, 6.45) is 0. The van der Waals surface area contributed by atoms with Gasteiger partial charge in [-0.15, -0.1) is 0 Å². The molecular formula is C15H18N2O3. The highest BCUT2D eigenvalue weighted by Crippen LogP contribution is 2.16. The molecule has 5 heteroatoms. The molecule has 0 radical (unpaired) electrons. The van der Waals surface area contributed by atoms with Gasteiger partial charge in [0.1, 0.15) is 12.4 Å². The summed E-state index contributed by atoms with van der Waals surface area (Å²) in [5, 5.41) is 2.67. The van der Waals surface area contributed by atoms with E-state index in [9.17, 15) is 9.59 Å². The van der Waals surface area contributed by atoms with Crippen molar-refractivity contribution in [3.8, 4) is 17.6 Å². The predicted molar refractivity (Wildman–Crippen MR) is 76.1 cm³/mol. The van der Waals surface area contributed by atoms with Gasteiger partial charge in [-0.2, -0.15) is 0 Å². The summed E-state index contributed by atoms with van der Waals surface area (Å²) in [6.45, 7) is 4.03. The lowest BCUT2D eigenvalue weighted by atomic mass is 10.2. The van der Waals surface area contributed by atoms with Crippen molar-refractivity contribution in [3.05, 3.63) is 29.8 Å². The Labute approximate surface area is 118 Å². The second-order valence-electron chi connectivity index (χ2n) is 4.38. The third kappa shape index (κ3) is 5.02. The molecule has 0 fully saturated rings. The minimum absolute atomic E-state index is 0.0423. The Morgan fingerprint density at radius 2 is 2.00 bits per heavy atom. The van der Waals surface area contributed by atoms with E-state index in [1.807, 2.05) is 13.8 Å². The normalized spacial score (nSPS) is 9.55. The Bertz CT molecular complexity index is 542. The molecule has 0 aromatic heterocycles. The molecule has 0 atom stereocenters. The van der Waals surface area contributed by atoms with Gasteiger partial charge in [0.15, 0.2) is 0 Å². The number of nitrogens with one attached hydrogen (secondary N) is 1. The maximum absolute atomic E-state index is 11.3. The van der Waals surface area contributed by atoms with Crippen molar-refractivity contribution >= 4 is 11.8 Å². The van der Waals surface area contributed by atoms with Crippen LogP contribution in [0.5, 0.6) is 5.75 Å². The van der Waals surface area contributed by atoms with Crippen molar-refractivity contribution in [2.75, 3.05) is 13.2 Å². The van der Waals surface area contributed by atoms with Crippen LogP contribution < -0.4 is 15.8 Å². The zero-order valence-corrected chi connectivity index (χ0v) is 11.6. The molecule has 0 heterocycles. The molecule has 5 nitrogen and oxygen atoms in total. The summed E-state index contributed by atoms with van der Waals surface area (Å²) in [4.78, 5) is 22.4. The summed E-state index contributed by atoms with van der Waals surface area (Å²) in [5.41, 5.74) is 5.55. The smallest absolute Gasteiger partial charge is 0.252 e. The van der Waals surface area contributed by atoms with Crippen molar-refractivity contribution in [1.82, 2.24) is 5.32 Å². The molecule has 1 aromatic carbocycles. The van der Waals surface area contributed by atoms with Crippen LogP contribution in [0.3, 0.4) is 0 Å². The molecular weight excluding hydrogens is 256 g/mol. The van der Waals surface area contributed by atoms with E-state index in [-0.39, 0.29) is 25.0 Å². The van der Waals surface area contributed by atoms with Crippen molar-refractivity contribution in [2.24, 2.45) is 11.7 Å². The van der Waals surface area contributed by atoms with E-state index in [0.29, 0.717) is 11.3 Å². The maximum atomic E-state index is 11.3. The molecule has 0 aliphatic rings. The van der Waals surface area contributed by atoms with E-state index in [0.717, 1.165) is 0 Å². The Kier molecular flexibility index (Phi) is 6.11. The Balaban J connectivity index is 2.42. The fourth-order valence-electron chi connectivity index (χ4n) is 1.36. The summed E-state index contributed by atoms with van der Waals surface area (Å²) in [7, 11) is 0. The standard InChI is InChI=1S/C15H18N2O3/c1-11(2)15(19)17-9-5-6-10-20-13-8-4-3-7-12(13)14(16)18/h3-4,7-8,11H,9-10H2,1-2H3,(H2,16,18)(H,17,19). The zero-order valence-electron chi connectivity index (χ0n) is 11.6. The third-order valence-electron chi connectivity index (χ3n) is 2.45. The fraction of sp³-hybridized carbons (Fsp3) is 0.333. The summed E-state index contributed by atoms with van der Waals surface area (Å²) in [5.74, 6) is 5.28. The van der Waals surface area contributed by atoms with Crippen LogP contribution in [0, 0.1) is 17.8 Å². The van der Waals surface area contributed by atoms with Crippen LogP contribution in [0.25, 0.3) is 0 Å². The average molecular weight is 274 g/mol. The highest BCUT2D eigenvalue weighted by molar-refractivity contribution is 5.95. The van der Waals surface area contributed by atoms with Crippen molar-refractivity contribution < 1.29 is 14.3 Å². The predicted octanol–water partition coefficient (Wildman–Crippen LogP) is 0.940. The fourth-order valence-corrected chi connectivity index (χ4v) is 1.36. The third-order valence-corrected chi connectivity index (χ3v) is 2.45. The van der Waals surface area contributed by atoms with Gasteiger partial charge >= 0.3 is 0 Å². The monoisotopic (exact) mass is 274 g/mol. The number of hydrogen-bond acceptors (Lipinski definition) is 3.